The van der Waals surface area contributed by atoms with Gasteiger partial charge in [-0.3, -0.25) is 9.59 Å². The number of hydrogen-bond donors (Lipinski definition) is 1. The largest absolute Gasteiger partial charge is 0.464 e. The third-order valence-electron chi connectivity index (χ3n) is 5.43. The number of halogens is 1. The standard InChI is InChI=1S/C28H34FN3O4/c1-19(2)14-32(27(35)30-28(3,4)5)17-25(33)31(15-20-10-12-22(29)13-11-20)16-21-18-36-24-9-7-6-8-23(24)26(21)34/h6-13,18-19H,14-17H2,1-5H3,(H,30,35). The molecule has 0 fully saturated rings. The molecular weight excluding hydrogens is 461 g/mol. The molecule has 0 aliphatic carbocycles. The van der Waals surface area contributed by atoms with Crippen LogP contribution in [0.2, 0.25) is 0 Å². The van der Waals surface area contributed by atoms with Gasteiger partial charge in [0, 0.05) is 18.6 Å². The van der Waals surface area contributed by atoms with Crippen molar-refractivity contribution in [2.75, 3.05) is 13.1 Å². The second-order valence-electron chi connectivity index (χ2n) is 10.4. The smallest absolute Gasteiger partial charge is 0.318 e. The lowest BCUT2D eigenvalue weighted by atomic mass is 10.1. The molecule has 0 aliphatic rings. The molecule has 7 nitrogen and oxygen atoms in total. The van der Waals surface area contributed by atoms with E-state index in [9.17, 15) is 18.8 Å². The van der Waals surface area contributed by atoms with Crippen LogP contribution in [0.1, 0.15) is 45.7 Å². The summed E-state index contributed by atoms with van der Waals surface area (Å²) in [6, 6.07) is 12.4. The first-order valence-electron chi connectivity index (χ1n) is 12.0. The molecule has 0 bridgehead atoms. The van der Waals surface area contributed by atoms with Crippen molar-refractivity contribution in [3.8, 4) is 0 Å². The minimum atomic E-state index is -0.465. The Labute approximate surface area is 210 Å². The molecule has 0 spiro atoms. The summed E-state index contributed by atoms with van der Waals surface area (Å²) in [6.45, 7) is 9.91. The Morgan fingerprint density at radius 1 is 1.00 bits per heavy atom. The molecule has 3 rings (SSSR count). The van der Waals surface area contributed by atoms with Gasteiger partial charge in [0.15, 0.2) is 5.43 Å². The molecule has 1 aromatic heterocycles. The van der Waals surface area contributed by atoms with Crippen molar-refractivity contribution in [3.05, 3.63) is 82.0 Å². The number of para-hydroxylation sites is 1. The first-order valence-corrected chi connectivity index (χ1v) is 12.0. The van der Waals surface area contributed by atoms with Crippen LogP contribution in [-0.4, -0.2) is 40.4 Å². The molecule has 0 atom stereocenters. The Morgan fingerprint density at radius 2 is 1.67 bits per heavy atom. The van der Waals surface area contributed by atoms with Crippen LogP contribution in [0.15, 0.2) is 64.0 Å². The van der Waals surface area contributed by atoms with Crippen LogP contribution in [0.5, 0.6) is 0 Å². The highest BCUT2D eigenvalue weighted by Crippen LogP contribution is 2.15. The minimum Gasteiger partial charge on any atom is -0.464 e. The van der Waals surface area contributed by atoms with E-state index in [0.29, 0.717) is 28.6 Å². The molecule has 192 valence electrons. The van der Waals surface area contributed by atoms with Gasteiger partial charge in [-0.05, 0) is 56.5 Å². The fourth-order valence-corrected chi connectivity index (χ4v) is 3.80. The second-order valence-corrected chi connectivity index (χ2v) is 10.4. The van der Waals surface area contributed by atoms with Crippen LogP contribution < -0.4 is 10.7 Å². The normalized spacial score (nSPS) is 11.5. The quantitative estimate of drug-likeness (QED) is 0.481. The van der Waals surface area contributed by atoms with Gasteiger partial charge in [0.2, 0.25) is 5.91 Å². The van der Waals surface area contributed by atoms with Crippen LogP contribution in [-0.2, 0) is 17.9 Å². The first kappa shape index (κ1) is 26.9. The number of fused-ring (bicyclic) bond motifs is 1. The monoisotopic (exact) mass is 495 g/mol. The number of hydrogen-bond acceptors (Lipinski definition) is 4. The maximum Gasteiger partial charge on any atom is 0.318 e. The molecule has 1 heterocycles. The Morgan fingerprint density at radius 3 is 2.31 bits per heavy atom. The fourth-order valence-electron chi connectivity index (χ4n) is 3.80. The second kappa shape index (κ2) is 11.4. The highest BCUT2D eigenvalue weighted by Gasteiger charge is 2.26. The summed E-state index contributed by atoms with van der Waals surface area (Å²) in [5, 5.41) is 3.34. The van der Waals surface area contributed by atoms with E-state index in [1.165, 1.54) is 28.2 Å². The summed E-state index contributed by atoms with van der Waals surface area (Å²) in [4.78, 5) is 42.6. The predicted octanol–water partition coefficient (Wildman–Crippen LogP) is 4.93. The number of carbonyl (C=O) groups excluding carboxylic acids is 2. The van der Waals surface area contributed by atoms with Crippen molar-refractivity contribution < 1.29 is 18.4 Å². The van der Waals surface area contributed by atoms with Crippen molar-refractivity contribution >= 4 is 22.9 Å². The van der Waals surface area contributed by atoms with Gasteiger partial charge in [-0.15, -0.1) is 0 Å². The number of amides is 3. The van der Waals surface area contributed by atoms with Crippen molar-refractivity contribution in [3.63, 3.8) is 0 Å². The van der Waals surface area contributed by atoms with Gasteiger partial charge in [0.05, 0.1) is 23.8 Å². The third kappa shape index (κ3) is 7.41. The molecule has 36 heavy (non-hydrogen) atoms. The van der Waals surface area contributed by atoms with Crippen LogP contribution in [0.3, 0.4) is 0 Å². The van der Waals surface area contributed by atoms with Crippen LogP contribution in [0, 0.1) is 11.7 Å². The van der Waals surface area contributed by atoms with E-state index < -0.39 is 5.54 Å². The molecule has 0 radical (unpaired) electrons. The van der Waals surface area contributed by atoms with E-state index in [2.05, 4.69) is 5.32 Å². The maximum absolute atomic E-state index is 13.6. The summed E-state index contributed by atoms with van der Waals surface area (Å²) in [5.41, 5.74) is 0.791. The molecule has 0 unspecified atom stereocenters. The Hall–Kier alpha value is -3.68. The summed E-state index contributed by atoms with van der Waals surface area (Å²) >= 11 is 0. The lowest BCUT2D eigenvalue weighted by Gasteiger charge is -2.31. The average Bonchev–Trinajstić information content (AvgIpc) is 2.80. The molecule has 3 aromatic rings. The zero-order valence-corrected chi connectivity index (χ0v) is 21.5. The van der Waals surface area contributed by atoms with Crippen LogP contribution in [0.4, 0.5) is 9.18 Å². The summed E-state index contributed by atoms with van der Waals surface area (Å²) in [7, 11) is 0. The molecule has 1 N–H and O–H groups in total. The molecule has 0 saturated heterocycles. The van der Waals surface area contributed by atoms with Crippen LogP contribution >= 0.6 is 0 Å². The third-order valence-corrected chi connectivity index (χ3v) is 5.43. The van der Waals surface area contributed by atoms with E-state index in [-0.39, 0.29) is 48.7 Å². The van der Waals surface area contributed by atoms with E-state index in [1.807, 2.05) is 34.6 Å². The summed E-state index contributed by atoms with van der Waals surface area (Å²) < 4.78 is 19.1. The fraction of sp³-hybridized carbons (Fsp3) is 0.393. The highest BCUT2D eigenvalue weighted by molar-refractivity contribution is 5.84. The average molecular weight is 496 g/mol. The Bertz CT molecular complexity index is 1260. The minimum absolute atomic E-state index is 0.0141. The Kier molecular flexibility index (Phi) is 8.50. The van der Waals surface area contributed by atoms with Gasteiger partial charge >= 0.3 is 6.03 Å². The first-order chi connectivity index (χ1) is 16.9. The molecule has 2 aromatic carbocycles. The van der Waals surface area contributed by atoms with Crippen molar-refractivity contribution in [2.45, 2.75) is 53.2 Å². The van der Waals surface area contributed by atoms with Crippen molar-refractivity contribution in [1.29, 1.82) is 0 Å². The van der Waals surface area contributed by atoms with E-state index in [4.69, 9.17) is 4.42 Å². The Balaban J connectivity index is 1.91. The summed E-state index contributed by atoms with van der Waals surface area (Å²) in [6.07, 6.45) is 1.37. The summed E-state index contributed by atoms with van der Waals surface area (Å²) in [5.74, 6) is -0.577. The maximum atomic E-state index is 13.6. The predicted molar refractivity (Wildman–Crippen MR) is 138 cm³/mol. The lowest BCUT2D eigenvalue weighted by molar-refractivity contribution is -0.133. The van der Waals surface area contributed by atoms with E-state index in [1.54, 1.807) is 36.4 Å². The molecule has 0 aliphatic heterocycles. The molecule has 0 saturated carbocycles. The van der Waals surface area contributed by atoms with E-state index in [0.717, 1.165) is 0 Å². The number of urea groups is 1. The van der Waals surface area contributed by atoms with Crippen molar-refractivity contribution in [2.24, 2.45) is 5.92 Å². The number of benzene rings is 2. The van der Waals surface area contributed by atoms with Crippen molar-refractivity contribution in [1.82, 2.24) is 15.1 Å². The van der Waals surface area contributed by atoms with Gasteiger partial charge in [-0.2, -0.15) is 0 Å². The van der Waals surface area contributed by atoms with Gasteiger partial charge < -0.3 is 19.5 Å². The molecule has 8 heteroatoms. The number of nitrogens with one attached hydrogen (secondary N) is 1. The van der Waals surface area contributed by atoms with Crippen LogP contribution in [0.25, 0.3) is 11.0 Å². The van der Waals surface area contributed by atoms with Gasteiger partial charge in [-0.1, -0.05) is 38.1 Å². The zero-order valence-electron chi connectivity index (χ0n) is 21.5. The van der Waals surface area contributed by atoms with Gasteiger partial charge in [0.1, 0.15) is 17.9 Å². The number of nitrogens with zero attached hydrogens (tertiary/aromatic N) is 2. The topological polar surface area (TPSA) is 82.9 Å². The SMILES string of the molecule is CC(C)CN(CC(=O)N(Cc1ccc(F)cc1)Cc1coc2ccccc2c1=O)C(=O)NC(C)(C)C. The lowest BCUT2D eigenvalue weighted by Crippen LogP contribution is -2.52. The zero-order chi connectivity index (χ0) is 26.5. The number of carbonyl (C=O) groups is 2. The number of rotatable bonds is 8. The molecular formula is C28H34FN3O4. The molecule has 3 amide bonds. The van der Waals surface area contributed by atoms with Gasteiger partial charge in [0.25, 0.3) is 0 Å². The van der Waals surface area contributed by atoms with Gasteiger partial charge in [-0.25, -0.2) is 9.18 Å². The highest BCUT2D eigenvalue weighted by atomic mass is 19.1. The van der Waals surface area contributed by atoms with E-state index >= 15 is 0 Å².